The Bertz CT molecular complexity index is 559. The van der Waals surface area contributed by atoms with Crippen LogP contribution < -0.4 is 5.73 Å². The predicted molar refractivity (Wildman–Crippen MR) is 62.9 cm³/mol. The first-order chi connectivity index (χ1) is 7.29. The van der Waals surface area contributed by atoms with E-state index in [0.717, 1.165) is 6.26 Å². The first-order valence-corrected chi connectivity index (χ1v) is 6.44. The summed E-state index contributed by atoms with van der Waals surface area (Å²) in [6.07, 6.45) is 2.53. The molecule has 0 fully saturated rings. The van der Waals surface area contributed by atoms with Gasteiger partial charge >= 0.3 is 0 Å². The van der Waals surface area contributed by atoms with Crippen LogP contribution in [-0.4, -0.2) is 20.6 Å². The van der Waals surface area contributed by atoms with Gasteiger partial charge in [0.2, 0.25) is 5.91 Å². The quantitative estimate of drug-likeness (QED) is 0.859. The number of benzene rings is 1. The SMILES string of the molecule is C=Cc1ccc(C(N)=O)c(C)c1S(C)(=O)=O. The summed E-state index contributed by atoms with van der Waals surface area (Å²) >= 11 is 0. The molecule has 0 atom stereocenters. The molecule has 0 aromatic heterocycles. The molecule has 0 saturated heterocycles. The minimum atomic E-state index is -3.41. The predicted octanol–water partition coefficient (Wildman–Crippen LogP) is 1.14. The molecule has 1 aromatic rings. The lowest BCUT2D eigenvalue weighted by Gasteiger charge is -2.10. The van der Waals surface area contributed by atoms with Crippen molar-refractivity contribution in [1.29, 1.82) is 0 Å². The maximum Gasteiger partial charge on any atom is 0.249 e. The highest BCUT2D eigenvalue weighted by Crippen LogP contribution is 2.24. The van der Waals surface area contributed by atoms with Crippen LogP contribution in [0, 0.1) is 6.92 Å². The van der Waals surface area contributed by atoms with E-state index < -0.39 is 15.7 Å². The Morgan fingerprint density at radius 2 is 2.00 bits per heavy atom. The van der Waals surface area contributed by atoms with Gasteiger partial charge in [-0.05, 0) is 24.1 Å². The molecule has 2 N–H and O–H groups in total. The lowest BCUT2D eigenvalue weighted by Crippen LogP contribution is -2.15. The van der Waals surface area contributed by atoms with Gasteiger partial charge in [0.05, 0.1) is 4.90 Å². The topological polar surface area (TPSA) is 77.2 Å². The van der Waals surface area contributed by atoms with E-state index in [0.29, 0.717) is 11.1 Å². The third kappa shape index (κ3) is 2.14. The van der Waals surface area contributed by atoms with Gasteiger partial charge in [-0.15, -0.1) is 0 Å². The van der Waals surface area contributed by atoms with Gasteiger partial charge in [-0.2, -0.15) is 0 Å². The van der Waals surface area contributed by atoms with Crippen LogP contribution in [0.15, 0.2) is 23.6 Å². The molecule has 0 spiro atoms. The van der Waals surface area contributed by atoms with Gasteiger partial charge in [0, 0.05) is 11.8 Å². The molecule has 0 aliphatic rings. The Morgan fingerprint density at radius 1 is 1.44 bits per heavy atom. The molecular weight excluding hydrogens is 226 g/mol. The van der Waals surface area contributed by atoms with Crippen LogP contribution in [0.2, 0.25) is 0 Å². The molecule has 86 valence electrons. The van der Waals surface area contributed by atoms with Gasteiger partial charge in [-0.3, -0.25) is 4.79 Å². The van der Waals surface area contributed by atoms with Crippen molar-refractivity contribution >= 4 is 21.8 Å². The van der Waals surface area contributed by atoms with Crippen molar-refractivity contribution in [3.63, 3.8) is 0 Å². The monoisotopic (exact) mass is 239 g/mol. The summed E-state index contributed by atoms with van der Waals surface area (Å²) in [7, 11) is -3.41. The zero-order chi connectivity index (χ0) is 12.5. The van der Waals surface area contributed by atoms with E-state index in [2.05, 4.69) is 6.58 Å². The maximum absolute atomic E-state index is 11.6. The molecule has 0 saturated carbocycles. The molecule has 0 heterocycles. The van der Waals surface area contributed by atoms with Crippen LogP contribution in [0.5, 0.6) is 0 Å². The molecule has 1 aromatic carbocycles. The Morgan fingerprint density at radius 3 is 2.38 bits per heavy atom. The molecule has 1 rings (SSSR count). The highest BCUT2D eigenvalue weighted by atomic mass is 32.2. The van der Waals surface area contributed by atoms with Crippen LogP contribution in [0.25, 0.3) is 6.08 Å². The van der Waals surface area contributed by atoms with E-state index in [-0.39, 0.29) is 10.5 Å². The van der Waals surface area contributed by atoms with Crippen LogP contribution in [0.3, 0.4) is 0 Å². The normalized spacial score (nSPS) is 11.1. The molecule has 5 heteroatoms. The minimum Gasteiger partial charge on any atom is -0.366 e. The third-order valence-electron chi connectivity index (χ3n) is 2.29. The molecule has 0 aliphatic heterocycles. The fraction of sp³-hybridized carbons (Fsp3) is 0.182. The van der Waals surface area contributed by atoms with Crippen molar-refractivity contribution in [2.45, 2.75) is 11.8 Å². The zero-order valence-corrected chi connectivity index (χ0v) is 9.97. The van der Waals surface area contributed by atoms with Crippen molar-refractivity contribution in [3.05, 3.63) is 35.4 Å². The first kappa shape index (κ1) is 12.4. The number of primary amides is 1. The van der Waals surface area contributed by atoms with Gasteiger partial charge < -0.3 is 5.73 Å². The van der Waals surface area contributed by atoms with Gasteiger partial charge in [-0.25, -0.2) is 8.42 Å². The molecule has 0 aliphatic carbocycles. The summed E-state index contributed by atoms with van der Waals surface area (Å²) in [4.78, 5) is 11.2. The van der Waals surface area contributed by atoms with E-state index in [1.165, 1.54) is 18.2 Å². The fourth-order valence-electron chi connectivity index (χ4n) is 1.63. The molecule has 1 amide bonds. The number of rotatable bonds is 3. The second-order valence-corrected chi connectivity index (χ2v) is 5.45. The van der Waals surface area contributed by atoms with Crippen LogP contribution in [-0.2, 0) is 9.84 Å². The molecule has 4 nitrogen and oxygen atoms in total. The molecule has 16 heavy (non-hydrogen) atoms. The van der Waals surface area contributed by atoms with E-state index >= 15 is 0 Å². The summed E-state index contributed by atoms with van der Waals surface area (Å²) in [5.74, 6) is -0.641. The number of sulfone groups is 1. The molecular formula is C11H13NO3S. The Hall–Kier alpha value is -1.62. The van der Waals surface area contributed by atoms with E-state index in [4.69, 9.17) is 5.73 Å². The summed E-state index contributed by atoms with van der Waals surface area (Å²) in [6.45, 7) is 5.10. The Balaban J connectivity index is 3.73. The number of nitrogens with two attached hydrogens (primary N) is 1. The summed E-state index contributed by atoms with van der Waals surface area (Å²) in [5.41, 5.74) is 6.22. The Kier molecular flexibility index (Phi) is 3.19. The maximum atomic E-state index is 11.6. The van der Waals surface area contributed by atoms with Crippen molar-refractivity contribution < 1.29 is 13.2 Å². The first-order valence-electron chi connectivity index (χ1n) is 4.55. The second kappa shape index (κ2) is 4.09. The van der Waals surface area contributed by atoms with Crippen LogP contribution in [0.4, 0.5) is 0 Å². The number of hydrogen-bond donors (Lipinski definition) is 1. The zero-order valence-electron chi connectivity index (χ0n) is 9.15. The Labute approximate surface area is 94.7 Å². The lowest BCUT2D eigenvalue weighted by molar-refractivity contribution is 0.0999. The highest BCUT2D eigenvalue weighted by Gasteiger charge is 2.19. The third-order valence-corrected chi connectivity index (χ3v) is 3.58. The largest absolute Gasteiger partial charge is 0.366 e. The van der Waals surface area contributed by atoms with Gasteiger partial charge in [-0.1, -0.05) is 18.7 Å². The van der Waals surface area contributed by atoms with Crippen molar-refractivity contribution in [3.8, 4) is 0 Å². The average Bonchev–Trinajstić information content (AvgIpc) is 2.14. The van der Waals surface area contributed by atoms with Crippen LogP contribution in [0.1, 0.15) is 21.5 Å². The minimum absolute atomic E-state index is 0.110. The van der Waals surface area contributed by atoms with E-state index in [9.17, 15) is 13.2 Å². The van der Waals surface area contributed by atoms with Crippen molar-refractivity contribution in [2.75, 3.05) is 6.26 Å². The number of amides is 1. The number of carbonyl (C=O) groups excluding carboxylic acids is 1. The molecule has 0 bridgehead atoms. The number of hydrogen-bond acceptors (Lipinski definition) is 3. The summed E-state index contributed by atoms with van der Waals surface area (Å²) < 4.78 is 23.2. The van der Waals surface area contributed by atoms with Gasteiger partial charge in [0.1, 0.15) is 0 Å². The van der Waals surface area contributed by atoms with Crippen molar-refractivity contribution in [2.24, 2.45) is 5.73 Å². The number of carbonyl (C=O) groups is 1. The molecule has 0 unspecified atom stereocenters. The van der Waals surface area contributed by atoms with Gasteiger partial charge in [0.15, 0.2) is 9.84 Å². The molecule has 0 radical (unpaired) electrons. The fourth-order valence-corrected chi connectivity index (χ4v) is 2.88. The second-order valence-electron chi connectivity index (χ2n) is 3.50. The van der Waals surface area contributed by atoms with Crippen LogP contribution >= 0.6 is 0 Å². The van der Waals surface area contributed by atoms with E-state index in [1.807, 2.05) is 0 Å². The smallest absolute Gasteiger partial charge is 0.249 e. The standard InChI is InChI=1S/C11H13NO3S/c1-4-8-5-6-9(11(12)13)7(2)10(8)16(3,14)15/h4-6H,1H2,2-3H3,(H2,12,13). The summed E-state index contributed by atoms with van der Waals surface area (Å²) in [6, 6.07) is 3.03. The average molecular weight is 239 g/mol. The lowest BCUT2D eigenvalue weighted by atomic mass is 10.0. The van der Waals surface area contributed by atoms with Gasteiger partial charge in [0.25, 0.3) is 0 Å². The van der Waals surface area contributed by atoms with Crippen molar-refractivity contribution in [1.82, 2.24) is 0 Å². The highest BCUT2D eigenvalue weighted by molar-refractivity contribution is 7.90. The summed E-state index contributed by atoms with van der Waals surface area (Å²) in [5, 5.41) is 0. The van der Waals surface area contributed by atoms with E-state index in [1.54, 1.807) is 6.92 Å².